The molecule has 1 aromatic carbocycles. The molecule has 12 heavy (non-hydrogen) atoms. The molecule has 0 bridgehead atoms. The Kier molecular flexibility index (Phi) is 1.89. The van der Waals surface area contributed by atoms with E-state index in [4.69, 9.17) is 11.6 Å². The molecule has 0 radical (unpaired) electrons. The van der Waals surface area contributed by atoms with Crippen LogP contribution in [0.2, 0.25) is 5.02 Å². The van der Waals surface area contributed by atoms with Crippen molar-refractivity contribution in [1.29, 1.82) is 0 Å². The minimum absolute atomic E-state index is 0.761. The van der Waals surface area contributed by atoms with E-state index >= 15 is 0 Å². The normalized spacial score (nSPS) is 14.3. The molecule has 1 N–H and O–H groups in total. The van der Waals surface area contributed by atoms with Gasteiger partial charge in [-0.05, 0) is 33.6 Å². The predicted octanol–water partition coefficient (Wildman–Crippen LogP) is 3.58. The second kappa shape index (κ2) is 2.79. The summed E-state index contributed by atoms with van der Waals surface area (Å²) in [6.07, 6.45) is 0.870. The van der Waals surface area contributed by atoms with Crippen LogP contribution in [0.4, 0.5) is 5.69 Å². The third-order valence-corrected chi connectivity index (χ3v) is 2.69. The number of fused-ring (bicyclic) bond motifs is 1. The van der Waals surface area contributed by atoms with E-state index in [0.717, 1.165) is 27.3 Å². The summed E-state index contributed by atoms with van der Waals surface area (Å²) in [6, 6.07) is 3.85. The Morgan fingerprint density at radius 2 is 2.25 bits per heavy atom. The lowest BCUT2D eigenvalue weighted by atomic mass is 10.1. The molecule has 0 saturated heterocycles. The van der Waals surface area contributed by atoms with Gasteiger partial charge in [0.2, 0.25) is 0 Å². The van der Waals surface area contributed by atoms with Crippen molar-refractivity contribution in [3.63, 3.8) is 0 Å². The summed E-state index contributed by atoms with van der Waals surface area (Å²) < 4.78 is 1.00. The number of benzene rings is 1. The molecule has 0 aromatic heterocycles. The van der Waals surface area contributed by atoms with Gasteiger partial charge in [0.15, 0.2) is 0 Å². The Labute approximate surface area is 84.6 Å². The maximum Gasteiger partial charge on any atom is 0.0563 e. The molecule has 1 aliphatic heterocycles. The van der Waals surface area contributed by atoms with Gasteiger partial charge < -0.3 is 5.32 Å². The van der Waals surface area contributed by atoms with Gasteiger partial charge in [-0.2, -0.15) is 0 Å². The van der Waals surface area contributed by atoms with Crippen LogP contribution in [0.1, 0.15) is 5.56 Å². The highest BCUT2D eigenvalue weighted by molar-refractivity contribution is 9.10. The molecule has 0 unspecified atom stereocenters. The lowest BCUT2D eigenvalue weighted by molar-refractivity contribution is 1.26. The molecule has 3 heteroatoms. The zero-order valence-corrected chi connectivity index (χ0v) is 8.67. The van der Waals surface area contributed by atoms with Crippen LogP contribution in [0.3, 0.4) is 0 Å². The number of anilines is 1. The van der Waals surface area contributed by atoms with Crippen LogP contribution in [-0.2, 0) is 6.42 Å². The van der Waals surface area contributed by atoms with E-state index in [2.05, 4.69) is 27.8 Å². The highest BCUT2D eigenvalue weighted by Crippen LogP contribution is 2.36. The second-order valence-corrected chi connectivity index (χ2v) is 4.12. The Bertz CT molecular complexity index is 360. The zero-order chi connectivity index (χ0) is 8.72. The van der Waals surface area contributed by atoms with Crippen molar-refractivity contribution in [1.82, 2.24) is 0 Å². The van der Waals surface area contributed by atoms with Gasteiger partial charge in [0.25, 0.3) is 0 Å². The lowest BCUT2D eigenvalue weighted by Gasteiger charge is -2.02. The van der Waals surface area contributed by atoms with E-state index in [1.807, 2.05) is 12.1 Å². The van der Waals surface area contributed by atoms with Crippen molar-refractivity contribution in [2.24, 2.45) is 0 Å². The summed E-state index contributed by atoms with van der Waals surface area (Å²) in [7, 11) is 0. The molecule has 1 aliphatic rings. The van der Waals surface area contributed by atoms with Crippen LogP contribution in [0.5, 0.6) is 0 Å². The van der Waals surface area contributed by atoms with Gasteiger partial charge in [-0.1, -0.05) is 18.2 Å². The van der Waals surface area contributed by atoms with Gasteiger partial charge in [0, 0.05) is 21.6 Å². The van der Waals surface area contributed by atoms with Crippen molar-refractivity contribution in [2.45, 2.75) is 6.42 Å². The Morgan fingerprint density at radius 3 is 3.00 bits per heavy atom. The number of rotatable bonds is 0. The van der Waals surface area contributed by atoms with Gasteiger partial charge in [0.05, 0.1) is 5.69 Å². The first-order valence-electron chi connectivity index (χ1n) is 3.59. The fraction of sp³-hybridized carbons (Fsp3) is 0.111. The number of hydrogen-bond donors (Lipinski definition) is 1. The van der Waals surface area contributed by atoms with Gasteiger partial charge in [-0.15, -0.1) is 0 Å². The minimum Gasteiger partial charge on any atom is -0.358 e. The van der Waals surface area contributed by atoms with Crippen molar-refractivity contribution < 1.29 is 0 Å². The summed E-state index contributed by atoms with van der Waals surface area (Å²) in [5.41, 5.74) is 3.33. The van der Waals surface area contributed by atoms with Crippen molar-refractivity contribution in [2.75, 3.05) is 5.32 Å². The van der Waals surface area contributed by atoms with Gasteiger partial charge in [-0.3, -0.25) is 0 Å². The number of hydrogen-bond acceptors (Lipinski definition) is 1. The summed E-state index contributed by atoms with van der Waals surface area (Å²) in [4.78, 5) is 0. The van der Waals surface area contributed by atoms with E-state index < -0.39 is 0 Å². The van der Waals surface area contributed by atoms with Crippen molar-refractivity contribution in [3.8, 4) is 0 Å². The van der Waals surface area contributed by atoms with Crippen LogP contribution in [0.15, 0.2) is 28.9 Å². The number of allylic oxidation sites excluding steroid dienone is 1. The zero-order valence-electron chi connectivity index (χ0n) is 6.32. The lowest BCUT2D eigenvalue weighted by Crippen LogP contribution is -1.88. The molecule has 0 amide bonds. The van der Waals surface area contributed by atoms with E-state index in [1.165, 1.54) is 5.56 Å². The summed E-state index contributed by atoms with van der Waals surface area (Å²) >= 11 is 9.33. The van der Waals surface area contributed by atoms with Crippen LogP contribution in [0, 0.1) is 0 Å². The molecule has 1 heterocycles. The average molecular weight is 245 g/mol. The van der Waals surface area contributed by atoms with Crippen LogP contribution in [-0.4, -0.2) is 0 Å². The van der Waals surface area contributed by atoms with Crippen molar-refractivity contribution >= 4 is 33.2 Å². The minimum atomic E-state index is 0.761. The molecule has 0 saturated carbocycles. The van der Waals surface area contributed by atoms with Crippen LogP contribution in [0.25, 0.3) is 0 Å². The summed E-state index contributed by atoms with van der Waals surface area (Å²) in [5, 5.41) is 3.95. The standard InChI is InChI=1S/C9H7BrClN/c1-5-2-6-3-7(11)4-8(10)9(6)12-5/h3-4,12H,1-2H2. The van der Waals surface area contributed by atoms with E-state index in [1.54, 1.807) is 0 Å². The Hall–Kier alpha value is -0.470. The smallest absolute Gasteiger partial charge is 0.0563 e. The summed E-state index contributed by atoms with van der Waals surface area (Å²) in [5.74, 6) is 0. The molecule has 62 valence electrons. The van der Waals surface area contributed by atoms with Gasteiger partial charge in [-0.25, -0.2) is 0 Å². The maximum atomic E-state index is 5.89. The molecule has 1 aromatic rings. The maximum absolute atomic E-state index is 5.89. The first kappa shape index (κ1) is 8.14. The highest BCUT2D eigenvalue weighted by atomic mass is 79.9. The molecule has 0 aliphatic carbocycles. The largest absolute Gasteiger partial charge is 0.358 e. The van der Waals surface area contributed by atoms with Crippen LogP contribution < -0.4 is 5.32 Å². The molecular formula is C9H7BrClN. The SMILES string of the molecule is C=C1Cc2cc(Cl)cc(Br)c2N1. The van der Waals surface area contributed by atoms with E-state index in [0.29, 0.717) is 0 Å². The van der Waals surface area contributed by atoms with Crippen molar-refractivity contribution in [3.05, 3.63) is 39.5 Å². The molecule has 0 spiro atoms. The fourth-order valence-corrected chi connectivity index (χ4v) is 2.33. The molecule has 2 rings (SSSR count). The summed E-state index contributed by atoms with van der Waals surface area (Å²) in [6.45, 7) is 3.86. The second-order valence-electron chi connectivity index (χ2n) is 2.83. The Morgan fingerprint density at radius 1 is 1.50 bits per heavy atom. The third kappa shape index (κ3) is 1.25. The third-order valence-electron chi connectivity index (χ3n) is 1.84. The molecular weight excluding hydrogens is 237 g/mol. The molecule has 0 atom stereocenters. The molecule has 0 fully saturated rings. The van der Waals surface area contributed by atoms with E-state index in [-0.39, 0.29) is 0 Å². The first-order valence-corrected chi connectivity index (χ1v) is 4.76. The molecule has 1 nitrogen and oxygen atoms in total. The van der Waals surface area contributed by atoms with Gasteiger partial charge >= 0.3 is 0 Å². The quantitative estimate of drug-likeness (QED) is 0.735. The average Bonchev–Trinajstić information content (AvgIpc) is 2.29. The fourth-order valence-electron chi connectivity index (χ4n) is 1.36. The number of halogens is 2. The van der Waals surface area contributed by atoms with Gasteiger partial charge in [0.1, 0.15) is 0 Å². The Balaban J connectivity index is 2.59. The van der Waals surface area contributed by atoms with E-state index in [9.17, 15) is 0 Å². The highest BCUT2D eigenvalue weighted by Gasteiger charge is 2.16. The topological polar surface area (TPSA) is 12.0 Å². The first-order chi connectivity index (χ1) is 5.66. The van der Waals surface area contributed by atoms with Crippen LogP contribution >= 0.6 is 27.5 Å². The number of nitrogens with one attached hydrogen (secondary N) is 1. The predicted molar refractivity (Wildman–Crippen MR) is 55.6 cm³/mol. The monoisotopic (exact) mass is 243 g/mol.